The van der Waals surface area contributed by atoms with Crippen LogP contribution in [0.5, 0.6) is 11.5 Å². The Morgan fingerprint density at radius 2 is 1.88 bits per heavy atom. The molecule has 0 radical (unpaired) electrons. The molecule has 0 aliphatic carbocycles. The zero-order chi connectivity index (χ0) is 18.4. The third-order valence-electron chi connectivity index (χ3n) is 3.68. The van der Waals surface area contributed by atoms with Gasteiger partial charge in [-0.2, -0.15) is 5.26 Å². The Morgan fingerprint density at radius 1 is 1.15 bits per heavy atom. The molecule has 8 nitrogen and oxygen atoms in total. The molecule has 0 atom stereocenters. The van der Waals surface area contributed by atoms with E-state index in [9.17, 15) is 0 Å². The fourth-order valence-electron chi connectivity index (χ4n) is 2.44. The lowest BCUT2D eigenvalue weighted by Gasteiger charge is -2.25. The lowest BCUT2D eigenvalue weighted by molar-refractivity contribution is 0.399. The van der Waals surface area contributed by atoms with Crippen LogP contribution in [0.3, 0.4) is 0 Å². The number of anilines is 1. The number of aromatic nitrogens is 3. The van der Waals surface area contributed by atoms with E-state index < -0.39 is 0 Å². The van der Waals surface area contributed by atoms with Crippen LogP contribution in [0.15, 0.2) is 55.1 Å². The second-order valence-corrected chi connectivity index (χ2v) is 5.58. The first-order valence-corrected chi connectivity index (χ1v) is 8.38. The van der Waals surface area contributed by atoms with Crippen molar-refractivity contribution in [2.45, 2.75) is 6.54 Å². The number of nitrogens with zero attached hydrogens (tertiary/aromatic N) is 5. The van der Waals surface area contributed by atoms with Gasteiger partial charge in [0.15, 0.2) is 11.5 Å². The zero-order valence-corrected chi connectivity index (χ0v) is 14.8. The maximum absolute atomic E-state index is 8.99. The third-order valence-corrected chi connectivity index (χ3v) is 3.95. The number of hydrogen-bond donors (Lipinski definition) is 1. The highest BCUT2D eigenvalue weighted by Crippen LogP contribution is 2.30. The molecular weight excluding hydrogens is 352 g/mol. The highest BCUT2D eigenvalue weighted by Gasteiger charge is 2.13. The van der Waals surface area contributed by atoms with Crippen molar-refractivity contribution < 1.29 is 8.92 Å². The number of nitrogens with two attached hydrogens (primary N) is 1. The largest absolute Gasteiger partial charge is 0.493 e. The van der Waals surface area contributed by atoms with Crippen LogP contribution in [0.25, 0.3) is 0 Å². The van der Waals surface area contributed by atoms with Crippen LogP contribution >= 0.6 is 12.2 Å². The van der Waals surface area contributed by atoms with E-state index in [1.807, 2.05) is 29.3 Å². The number of benzene rings is 2. The highest BCUT2D eigenvalue weighted by molar-refractivity contribution is 7.92. The molecule has 0 amide bonds. The molecule has 0 saturated carbocycles. The van der Waals surface area contributed by atoms with Crippen molar-refractivity contribution in [2.75, 3.05) is 12.1 Å². The van der Waals surface area contributed by atoms with Crippen molar-refractivity contribution in [3.63, 3.8) is 0 Å². The molecule has 132 valence electrons. The van der Waals surface area contributed by atoms with Crippen LogP contribution in [-0.2, 0) is 6.54 Å². The fraction of sp³-hybridized carbons (Fsp3) is 0.118. The summed E-state index contributed by atoms with van der Waals surface area (Å²) in [4.78, 5) is 0. The van der Waals surface area contributed by atoms with Gasteiger partial charge in [-0.3, -0.25) is 5.01 Å². The molecule has 1 aromatic heterocycles. The minimum Gasteiger partial charge on any atom is -0.493 e. The number of nitriles is 1. The Kier molecular flexibility index (Phi) is 5.58. The summed E-state index contributed by atoms with van der Waals surface area (Å²) in [5.41, 5.74) is 2.47. The van der Waals surface area contributed by atoms with Gasteiger partial charge in [-0.1, -0.05) is 6.07 Å². The first-order chi connectivity index (χ1) is 12.7. The molecule has 2 aromatic carbocycles. The monoisotopic (exact) mass is 368 g/mol. The first kappa shape index (κ1) is 17.6. The Morgan fingerprint density at radius 3 is 2.50 bits per heavy atom. The summed E-state index contributed by atoms with van der Waals surface area (Å²) in [7, 11) is 1.57. The van der Waals surface area contributed by atoms with Crippen LogP contribution in [0.2, 0.25) is 0 Å². The summed E-state index contributed by atoms with van der Waals surface area (Å²) in [5.74, 6) is 1.14. The van der Waals surface area contributed by atoms with Crippen molar-refractivity contribution in [2.24, 2.45) is 5.14 Å². The Labute approximate surface area is 155 Å². The summed E-state index contributed by atoms with van der Waals surface area (Å²) in [5, 5.41) is 24.1. The van der Waals surface area contributed by atoms with E-state index >= 15 is 0 Å². The molecule has 3 rings (SSSR count). The predicted molar refractivity (Wildman–Crippen MR) is 98.2 cm³/mol. The Hall–Kier alpha value is -3.22. The van der Waals surface area contributed by atoms with Crippen molar-refractivity contribution in [3.05, 3.63) is 66.2 Å². The highest BCUT2D eigenvalue weighted by atomic mass is 32.2. The molecule has 26 heavy (non-hydrogen) atoms. The Bertz CT molecular complexity index is 893. The van der Waals surface area contributed by atoms with Gasteiger partial charge in [-0.25, -0.2) is 9.82 Å². The summed E-state index contributed by atoms with van der Waals surface area (Å²) in [6.07, 6.45) is 3.22. The summed E-state index contributed by atoms with van der Waals surface area (Å²) in [6.45, 7) is 0.524. The van der Waals surface area contributed by atoms with Crippen LogP contribution < -0.4 is 19.1 Å². The molecule has 0 saturated heterocycles. The van der Waals surface area contributed by atoms with Crippen molar-refractivity contribution in [1.29, 1.82) is 5.26 Å². The van der Waals surface area contributed by atoms with Crippen molar-refractivity contribution in [3.8, 4) is 17.6 Å². The van der Waals surface area contributed by atoms with E-state index in [4.69, 9.17) is 19.3 Å². The van der Waals surface area contributed by atoms with E-state index in [1.54, 1.807) is 42.6 Å². The van der Waals surface area contributed by atoms with Crippen LogP contribution in [0.1, 0.15) is 11.1 Å². The van der Waals surface area contributed by atoms with Gasteiger partial charge >= 0.3 is 0 Å². The van der Waals surface area contributed by atoms with Crippen LogP contribution in [-0.4, -0.2) is 22.0 Å². The molecule has 2 N–H and O–H groups in total. The molecule has 0 bridgehead atoms. The van der Waals surface area contributed by atoms with Gasteiger partial charge in [0.2, 0.25) is 0 Å². The van der Waals surface area contributed by atoms with Crippen LogP contribution in [0.4, 0.5) is 5.69 Å². The molecule has 0 aliphatic rings. The predicted octanol–water partition coefficient (Wildman–Crippen LogP) is 2.53. The second-order valence-electron chi connectivity index (χ2n) is 5.22. The molecule has 9 heteroatoms. The lowest BCUT2D eigenvalue weighted by Crippen LogP contribution is -2.27. The molecule has 0 unspecified atom stereocenters. The van der Waals surface area contributed by atoms with E-state index in [2.05, 4.69) is 16.3 Å². The molecule has 1 heterocycles. The smallest absolute Gasteiger partial charge is 0.181 e. The normalized spacial score (nSPS) is 10.2. The maximum Gasteiger partial charge on any atom is 0.181 e. The third kappa shape index (κ3) is 3.88. The van der Waals surface area contributed by atoms with E-state index in [0.717, 1.165) is 23.5 Å². The quantitative estimate of drug-likeness (QED) is 0.501. The van der Waals surface area contributed by atoms with E-state index in [0.29, 0.717) is 23.6 Å². The molecule has 0 fully saturated rings. The van der Waals surface area contributed by atoms with E-state index in [-0.39, 0.29) is 0 Å². The number of hydrogen-bond acceptors (Lipinski definition) is 8. The minimum absolute atomic E-state index is 0.524. The topological polar surface area (TPSA) is 102 Å². The van der Waals surface area contributed by atoms with Gasteiger partial charge in [-0.05, 0) is 42.0 Å². The second kappa shape index (κ2) is 8.24. The average molecular weight is 368 g/mol. The first-order valence-electron chi connectivity index (χ1n) is 7.58. The standard InChI is InChI=1S/C17H16N6O2S/c1-24-17-8-14(4-7-16(17)25-26-19)10-23(22-11-20-21-12-22)15-5-2-13(9-18)3-6-15/h2-8,11-12H,10,19H2,1H3. The fourth-order valence-corrected chi connectivity index (χ4v) is 2.68. The zero-order valence-electron chi connectivity index (χ0n) is 13.9. The minimum atomic E-state index is 0.524. The van der Waals surface area contributed by atoms with Crippen molar-refractivity contribution >= 4 is 17.9 Å². The van der Waals surface area contributed by atoms with Gasteiger partial charge < -0.3 is 8.92 Å². The van der Waals surface area contributed by atoms with Crippen LogP contribution in [0, 0.1) is 11.3 Å². The molecular formula is C17H16N6O2S. The SMILES string of the molecule is COc1cc(CN(c2ccc(C#N)cc2)n2cnnc2)ccc1OSN. The molecule has 0 spiro atoms. The summed E-state index contributed by atoms with van der Waals surface area (Å²) >= 11 is 0.765. The van der Waals surface area contributed by atoms with Gasteiger partial charge in [-0.15, -0.1) is 10.2 Å². The van der Waals surface area contributed by atoms with Gasteiger partial charge in [0.1, 0.15) is 24.9 Å². The Balaban J connectivity index is 1.92. The summed E-state index contributed by atoms with van der Waals surface area (Å²) in [6, 6.07) is 15.0. The van der Waals surface area contributed by atoms with Gasteiger partial charge in [0, 0.05) is 0 Å². The number of methoxy groups -OCH3 is 1. The molecule has 0 aliphatic heterocycles. The molecule has 3 aromatic rings. The van der Waals surface area contributed by atoms with Crippen molar-refractivity contribution in [1.82, 2.24) is 14.9 Å². The lowest BCUT2D eigenvalue weighted by atomic mass is 10.1. The van der Waals surface area contributed by atoms with Gasteiger partial charge in [0.25, 0.3) is 0 Å². The number of rotatable bonds is 7. The average Bonchev–Trinajstić information content (AvgIpc) is 3.22. The van der Waals surface area contributed by atoms with E-state index in [1.165, 1.54) is 0 Å². The summed E-state index contributed by atoms with van der Waals surface area (Å²) < 4.78 is 12.4. The number of ether oxygens (including phenoxy) is 1. The maximum atomic E-state index is 8.99. The van der Waals surface area contributed by atoms with Gasteiger partial charge in [0.05, 0.1) is 31.0 Å².